The van der Waals surface area contributed by atoms with Crippen LogP contribution in [0.5, 0.6) is 0 Å². The Kier molecular flexibility index (Phi) is 7.41. The maximum Gasteiger partial charge on any atom is 0.422 e. The van der Waals surface area contributed by atoms with Crippen molar-refractivity contribution in [3.8, 4) is 11.5 Å². The number of hydrazine groups is 1. The van der Waals surface area contributed by atoms with Crippen LogP contribution in [0.2, 0.25) is 0 Å². The molecule has 2 aliphatic rings. The van der Waals surface area contributed by atoms with E-state index in [0.717, 1.165) is 10.1 Å². The molecule has 180 valence electrons. The summed E-state index contributed by atoms with van der Waals surface area (Å²) < 4.78 is 11.5. The smallest absolute Gasteiger partial charge is 0.422 e. The van der Waals surface area contributed by atoms with E-state index in [2.05, 4.69) is 20.4 Å². The molecule has 2 aliphatic heterocycles. The number of carbonyl (C=O) groups is 3. The second-order valence-corrected chi connectivity index (χ2v) is 8.29. The van der Waals surface area contributed by atoms with Crippen molar-refractivity contribution in [1.29, 1.82) is 0 Å². The Morgan fingerprint density at radius 2 is 1.85 bits per heavy atom. The Morgan fingerprint density at radius 1 is 1.15 bits per heavy atom. The maximum absolute atomic E-state index is 13.2. The summed E-state index contributed by atoms with van der Waals surface area (Å²) in [5, 5.41) is 1.32. The highest BCUT2D eigenvalue weighted by molar-refractivity contribution is 5.96. The largest absolute Gasteiger partial charge is 0.455 e. The van der Waals surface area contributed by atoms with E-state index in [-0.39, 0.29) is 42.9 Å². The van der Waals surface area contributed by atoms with Crippen molar-refractivity contribution in [2.75, 3.05) is 18.8 Å². The first-order valence-electron chi connectivity index (χ1n) is 10.6. The summed E-state index contributed by atoms with van der Waals surface area (Å²) in [7, 11) is 0. The molecule has 0 spiro atoms. The molecule has 0 saturated carbocycles. The molecule has 0 bridgehead atoms. The summed E-state index contributed by atoms with van der Waals surface area (Å²) in [4.78, 5) is 50.4. The third-order valence-corrected chi connectivity index (χ3v) is 4.49. The molecule has 0 unspecified atom stereocenters. The minimum absolute atomic E-state index is 0.0263. The molecule has 3 rings (SSSR count). The molecule has 0 aliphatic carbocycles. The minimum Gasteiger partial charge on any atom is -0.455 e. The number of fused-ring (bicyclic) bond motifs is 1. The third kappa shape index (κ3) is 6.04. The number of nitrogens with two attached hydrogens (primary N) is 1. The first-order chi connectivity index (χ1) is 16.1. The number of aromatic nitrogens is 4. The first-order valence-corrected chi connectivity index (χ1v) is 10.6. The van der Waals surface area contributed by atoms with Crippen LogP contribution in [0.1, 0.15) is 48.7 Å². The molecule has 1 aromatic rings. The number of benzene rings is 1. The lowest BCUT2D eigenvalue weighted by Crippen LogP contribution is -2.48. The van der Waals surface area contributed by atoms with Crippen molar-refractivity contribution in [2.24, 2.45) is 0 Å². The zero-order chi connectivity index (χ0) is 24.9. The van der Waals surface area contributed by atoms with E-state index in [1.165, 1.54) is 11.3 Å². The molecule has 1 aromatic carbocycles. The standard InChI is InChI=1S/C22H27N7O5/c1-5-28(27-21(32)34-22(2,3)4)11-15(30)29-17(23)16-18(25-13-24-16)26-19(29)20(31)33-12-14-9-7-6-8-10-14/h6-10,13H,5,11-12,23H2,1-4H3,(H,27,32). The number of amides is 1. The van der Waals surface area contributed by atoms with E-state index in [4.69, 9.17) is 15.2 Å². The molecule has 1 amide bonds. The monoisotopic (exact) mass is 469 g/mol. The fourth-order valence-corrected chi connectivity index (χ4v) is 2.96. The lowest BCUT2D eigenvalue weighted by molar-refractivity contribution is 0.0325. The van der Waals surface area contributed by atoms with Gasteiger partial charge >= 0.3 is 12.1 Å². The van der Waals surface area contributed by atoms with Gasteiger partial charge in [0.25, 0.3) is 0 Å². The van der Waals surface area contributed by atoms with Crippen LogP contribution < -0.4 is 11.2 Å². The molecule has 2 heterocycles. The van der Waals surface area contributed by atoms with E-state index < -0.39 is 23.6 Å². The fraction of sp³-hybridized carbons (Fsp3) is 0.364. The van der Waals surface area contributed by atoms with E-state index in [1.54, 1.807) is 39.8 Å². The van der Waals surface area contributed by atoms with Gasteiger partial charge in [0.2, 0.25) is 11.7 Å². The van der Waals surface area contributed by atoms with Crippen LogP contribution in [-0.4, -0.2) is 61.2 Å². The van der Waals surface area contributed by atoms with Gasteiger partial charge in [-0.2, -0.15) is 0 Å². The number of imidazole rings is 1. The number of likely N-dealkylation sites (N-methyl/N-ethyl adjacent to an activating group) is 1. The number of nitrogens with one attached hydrogen (secondary N) is 1. The number of anilines is 1. The van der Waals surface area contributed by atoms with Crippen molar-refractivity contribution >= 4 is 23.8 Å². The second kappa shape index (κ2) is 10.3. The quantitative estimate of drug-likeness (QED) is 0.388. The van der Waals surface area contributed by atoms with E-state index in [9.17, 15) is 14.4 Å². The van der Waals surface area contributed by atoms with E-state index in [0.29, 0.717) is 0 Å². The van der Waals surface area contributed by atoms with Crippen LogP contribution in [-0.2, 0) is 16.1 Å². The van der Waals surface area contributed by atoms with Gasteiger partial charge in [0, 0.05) is 6.54 Å². The molecule has 0 aromatic heterocycles. The summed E-state index contributed by atoms with van der Waals surface area (Å²) in [5.41, 5.74) is 8.88. The Morgan fingerprint density at radius 3 is 2.50 bits per heavy atom. The van der Waals surface area contributed by atoms with Crippen LogP contribution in [0.25, 0.3) is 11.5 Å². The summed E-state index contributed by atoms with van der Waals surface area (Å²) in [6.07, 6.45) is 0.503. The number of hydrogen-bond donors (Lipinski definition) is 2. The molecule has 12 heteroatoms. The Labute approximate surface area is 196 Å². The topological polar surface area (TPSA) is 155 Å². The highest BCUT2D eigenvalue weighted by Gasteiger charge is 2.29. The normalized spacial score (nSPS) is 11.4. The number of esters is 1. The highest BCUT2D eigenvalue weighted by Crippen LogP contribution is 2.24. The van der Waals surface area contributed by atoms with Crippen LogP contribution >= 0.6 is 0 Å². The molecular formula is C22H27N7O5. The summed E-state index contributed by atoms with van der Waals surface area (Å²) in [6.45, 7) is 6.81. The third-order valence-electron chi connectivity index (χ3n) is 4.49. The molecule has 0 saturated heterocycles. The van der Waals surface area contributed by atoms with Gasteiger partial charge in [-0.3, -0.25) is 10.2 Å². The number of carbonyl (C=O) groups excluding carboxylic acids is 3. The fourth-order valence-electron chi connectivity index (χ4n) is 2.96. The lowest BCUT2D eigenvalue weighted by atomic mass is 10.2. The molecule has 0 radical (unpaired) electrons. The SMILES string of the molecule is CCN(CC(=O)n1c(C(=O)OCc2ccccc2)nc2ncnc-2c1N)NC(=O)OC(C)(C)C. The van der Waals surface area contributed by atoms with Gasteiger partial charge < -0.3 is 15.2 Å². The zero-order valence-electron chi connectivity index (χ0n) is 19.4. The van der Waals surface area contributed by atoms with Gasteiger partial charge in [-0.15, -0.1) is 0 Å². The molecule has 0 atom stereocenters. The van der Waals surface area contributed by atoms with Crippen molar-refractivity contribution in [1.82, 2.24) is 30.0 Å². The van der Waals surface area contributed by atoms with Gasteiger partial charge in [0.15, 0.2) is 11.5 Å². The van der Waals surface area contributed by atoms with Crippen LogP contribution in [0.4, 0.5) is 10.6 Å². The average Bonchev–Trinajstić information content (AvgIpc) is 3.25. The maximum atomic E-state index is 13.2. The van der Waals surface area contributed by atoms with Gasteiger partial charge in [0.05, 0.1) is 6.54 Å². The summed E-state index contributed by atoms with van der Waals surface area (Å²) >= 11 is 0. The van der Waals surface area contributed by atoms with Crippen molar-refractivity contribution in [3.05, 3.63) is 48.0 Å². The molecule has 3 N–H and O–H groups in total. The summed E-state index contributed by atoms with van der Waals surface area (Å²) in [5.74, 6) is -1.86. The second-order valence-electron chi connectivity index (χ2n) is 8.29. The van der Waals surface area contributed by atoms with E-state index >= 15 is 0 Å². The number of nitrogens with zero attached hydrogens (tertiary/aromatic N) is 5. The average molecular weight is 470 g/mol. The number of rotatable bonds is 7. The molecular weight excluding hydrogens is 442 g/mol. The summed E-state index contributed by atoms with van der Waals surface area (Å²) in [6, 6.07) is 9.05. The van der Waals surface area contributed by atoms with Crippen LogP contribution in [0.3, 0.4) is 0 Å². The zero-order valence-corrected chi connectivity index (χ0v) is 19.4. The minimum atomic E-state index is -0.864. The number of ether oxygens (including phenoxy) is 2. The Balaban J connectivity index is 1.85. The molecule has 12 nitrogen and oxygen atoms in total. The molecule has 34 heavy (non-hydrogen) atoms. The van der Waals surface area contributed by atoms with E-state index in [1.807, 2.05) is 18.2 Å². The Hall–Kier alpha value is -4.06. The van der Waals surface area contributed by atoms with Crippen molar-refractivity contribution < 1.29 is 23.9 Å². The highest BCUT2D eigenvalue weighted by atomic mass is 16.6. The number of hydrogen-bond acceptors (Lipinski definition) is 10. The van der Waals surface area contributed by atoms with Crippen LogP contribution in [0, 0.1) is 0 Å². The van der Waals surface area contributed by atoms with Gasteiger partial charge in [0.1, 0.15) is 24.4 Å². The van der Waals surface area contributed by atoms with Gasteiger partial charge in [-0.05, 0) is 26.3 Å². The van der Waals surface area contributed by atoms with Crippen molar-refractivity contribution in [3.63, 3.8) is 0 Å². The number of nitrogen functional groups attached to an aromatic ring is 1. The lowest BCUT2D eigenvalue weighted by Gasteiger charge is -2.25. The predicted octanol–water partition coefficient (Wildman–Crippen LogP) is 2.12. The Bertz CT molecular complexity index is 1140. The molecule has 0 fully saturated rings. The van der Waals surface area contributed by atoms with Gasteiger partial charge in [-0.1, -0.05) is 37.3 Å². The predicted molar refractivity (Wildman–Crippen MR) is 122 cm³/mol. The van der Waals surface area contributed by atoms with Gasteiger partial charge in [-0.25, -0.2) is 34.1 Å². The van der Waals surface area contributed by atoms with Crippen molar-refractivity contribution in [2.45, 2.75) is 39.9 Å². The van der Waals surface area contributed by atoms with Crippen LogP contribution in [0.15, 0.2) is 36.7 Å². The first kappa shape index (κ1) is 24.6.